The lowest BCUT2D eigenvalue weighted by atomic mass is 10.1. The van der Waals surface area contributed by atoms with Crippen LogP contribution in [0.1, 0.15) is 5.56 Å². The maximum Gasteiger partial charge on any atom is 0.336 e. The normalized spacial score (nSPS) is 15.5. The number of para-hydroxylation sites is 2. The molecule has 0 spiro atoms. The standard InChI is InChI=1S/C22H16FN3O5/c1-31-19(27)12-25-11-13(14-6-2-4-8-17(14)25)10-15-20(28)24-22(30)26(21(15)29)18-9-5-3-7-16(18)23/h2-11H,12H2,1H3,(H,24,28,30). The van der Waals surface area contributed by atoms with E-state index in [1.54, 1.807) is 35.0 Å². The SMILES string of the molecule is COC(=O)Cn1cc(C=C2C(=O)NC(=O)N(c3ccccc3F)C2=O)c2ccccc21. The van der Waals surface area contributed by atoms with Gasteiger partial charge in [0.25, 0.3) is 11.8 Å². The van der Waals surface area contributed by atoms with Crippen LogP contribution in [-0.2, 0) is 25.7 Å². The average Bonchev–Trinajstić information content (AvgIpc) is 3.09. The molecule has 2 heterocycles. The summed E-state index contributed by atoms with van der Waals surface area (Å²) in [4.78, 5) is 50.0. The molecule has 1 N–H and O–H groups in total. The Morgan fingerprint density at radius 2 is 1.81 bits per heavy atom. The Morgan fingerprint density at radius 3 is 2.55 bits per heavy atom. The van der Waals surface area contributed by atoms with Crippen LogP contribution >= 0.6 is 0 Å². The minimum Gasteiger partial charge on any atom is -0.468 e. The molecule has 9 heteroatoms. The lowest BCUT2D eigenvalue weighted by Gasteiger charge is -2.26. The first-order valence-electron chi connectivity index (χ1n) is 9.21. The van der Waals surface area contributed by atoms with Gasteiger partial charge in [-0.25, -0.2) is 14.1 Å². The van der Waals surface area contributed by atoms with Crippen molar-refractivity contribution in [2.24, 2.45) is 0 Å². The molecule has 31 heavy (non-hydrogen) atoms. The van der Waals surface area contributed by atoms with Gasteiger partial charge in [-0.15, -0.1) is 0 Å². The molecule has 1 fully saturated rings. The summed E-state index contributed by atoms with van der Waals surface area (Å²) < 4.78 is 20.5. The van der Waals surface area contributed by atoms with Gasteiger partial charge in [0.15, 0.2) is 0 Å². The number of barbiturate groups is 1. The topological polar surface area (TPSA) is 97.7 Å². The number of benzene rings is 2. The highest BCUT2D eigenvalue weighted by molar-refractivity contribution is 6.39. The Bertz CT molecular complexity index is 1280. The fourth-order valence-electron chi connectivity index (χ4n) is 3.39. The molecule has 0 aliphatic carbocycles. The number of rotatable bonds is 4. The number of urea groups is 1. The number of halogens is 1. The zero-order chi connectivity index (χ0) is 22.1. The van der Waals surface area contributed by atoms with Crippen LogP contribution in [0.5, 0.6) is 0 Å². The minimum atomic E-state index is -1.04. The number of nitrogens with one attached hydrogen (secondary N) is 1. The number of anilines is 1. The molecule has 0 saturated carbocycles. The van der Waals surface area contributed by atoms with Crippen LogP contribution in [0.15, 0.2) is 60.3 Å². The van der Waals surface area contributed by atoms with Gasteiger partial charge in [-0.05, 0) is 24.3 Å². The number of aromatic nitrogens is 1. The smallest absolute Gasteiger partial charge is 0.336 e. The van der Waals surface area contributed by atoms with Crippen molar-refractivity contribution >= 4 is 46.5 Å². The first-order chi connectivity index (χ1) is 14.9. The molecule has 1 aromatic heterocycles. The van der Waals surface area contributed by atoms with Gasteiger partial charge in [-0.2, -0.15) is 0 Å². The highest BCUT2D eigenvalue weighted by Gasteiger charge is 2.38. The second-order valence-corrected chi connectivity index (χ2v) is 6.71. The molecule has 156 valence electrons. The van der Waals surface area contributed by atoms with E-state index in [9.17, 15) is 23.6 Å². The lowest BCUT2D eigenvalue weighted by molar-refractivity contribution is -0.141. The summed E-state index contributed by atoms with van der Waals surface area (Å²) in [5.74, 6) is -3.10. The Kier molecular flexibility index (Phi) is 5.08. The maximum absolute atomic E-state index is 14.2. The number of amides is 4. The molecular weight excluding hydrogens is 405 g/mol. The largest absolute Gasteiger partial charge is 0.468 e. The van der Waals surface area contributed by atoms with Crippen molar-refractivity contribution in [2.75, 3.05) is 12.0 Å². The maximum atomic E-state index is 14.2. The highest BCUT2D eigenvalue weighted by atomic mass is 19.1. The van der Waals surface area contributed by atoms with Gasteiger partial charge in [-0.3, -0.25) is 19.7 Å². The zero-order valence-corrected chi connectivity index (χ0v) is 16.3. The third-order valence-corrected chi connectivity index (χ3v) is 4.84. The summed E-state index contributed by atoms with van der Waals surface area (Å²) in [5, 5.41) is 2.74. The van der Waals surface area contributed by atoms with Crippen molar-refractivity contribution in [1.29, 1.82) is 0 Å². The summed E-state index contributed by atoms with van der Waals surface area (Å²) >= 11 is 0. The quantitative estimate of drug-likeness (QED) is 0.397. The van der Waals surface area contributed by atoms with Crippen LogP contribution < -0.4 is 10.2 Å². The highest BCUT2D eigenvalue weighted by Crippen LogP contribution is 2.27. The predicted octanol–water partition coefficient (Wildman–Crippen LogP) is 2.62. The molecule has 2 aromatic carbocycles. The number of hydrogen-bond acceptors (Lipinski definition) is 5. The molecule has 0 unspecified atom stereocenters. The van der Waals surface area contributed by atoms with Crippen molar-refractivity contribution in [1.82, 2.24) is 9.88 Å². The summed E-state index contributed by atoms with van der Waals surface area (Å²) in [6.07, 6.45) is 2.91. The molecule has 1 saturated heterocycles. The van der Waals surface area contributed by atoms with Crippen LogP contribution in [0, 0.1) is 5.82 Å². The van der Waals surface area contributed by atoms with E-state index in [2.05, 4.69) is 5.32 Å². The molecule has 0 atom stereocenters. The van der Waals surface area contributed by atoms with Crippen molar-refractivity contribution in [3.8, 4) is 0 Å². The zero-order valence-electron chi connectivity index (χ0n) is 16.3. The lowest BCUT2D eigenvalue weighted by Crippen LogP contribution is -2.54. The predicted molar refractivity (Wildman–Crippen MR) is 109 cm³/mol. The number of esters is 1. The number of carbonyl (C=O) groups excluding carboxylic acids is 4. The third-order valence-electron chi connectivity index (χ3n) is 4.84. The van der Waals surface area contributed by atoms with E-state index in [-0.39, 0.29) is 17.8 Å². The fraction of sp³-hybridized carbons (Fsp3) is 0.0909. The molecule has 8 nitrogen and oxygen atoms in total. The number of methoxy groups -OCH3 is 1. The van der Waals surface area contributed by atoms with Gasteiger partial charge in [0.05, 0.1) is 12.8 Å². The number of hydrogen-bond donors (Lipinski definition) is 1. The number of nitrogens with zero attached hydrogens (tertiary/aromatic N) is 2. The Labute approximate surface area is 175 Å². The van der Waals surface area contributed by atoms with E-state index in [4.69, 9.17) is 4.74 Å². The molecule has 4 rings (SSSR count). The number of ether oxygens (including phenoxy) is 1. The van der Waals surface area contributed by atoms with E-state index >= 15 is 0 Å². The Morgan fingerprint density at radius 1 is 1.10 bits per heavy atom. The summed E-state index contributed by atoms with van der Waals surface area (Å²) in [6, 6.07) is 11.3. The third kappa shape index (κ3) is 3.57. The van der Waals surface area contributed by atoms with E-state index in [1.165, 1.54) is 31.4 Å². The monoisotopic (exact) mass is 421 g/mol. The molecule has 1 aliphatic rings. The summed E-state index contributed by atoms with van der Waals surface area (Å²) in [7, 11) is 1.27. The summed E-state index contributed by atoms with van der Waals surface area (Å²) in [5.41, 5.74) is 0.548. The fourth-order valence-corrected chi connectivity index (χ4v) is 3.39. The van der Waals surface area contributed by atoms with Crippen molar-refractivity contribution in [3.05, 3.63) is 71.7 Å². The van der Waals surface area contributed by atoms with Crippen molar-refractivity contribution in [3.63, 3.8) is 0 Å². The number of imide groups is 2. The van der Waals surface area contributed by atoms with Gasteiger partial charge >= 0.3 is 12.0 Å². The van der Waals surface area contributed by atoms with E-state index < -0.39 is 29.6 Å². The van der Waals surface area contributed by atoms with Crippen LogP contribution in [0.25, 0.3) is 17.0 Å². The molecule has 4 amide bonds. The summed E-state index contributed by atoms with van der Waals surface area (Å²) in [6.45, 7) is -0.0693. The molecule has 3 aromatic rings. The average molecular weight is 421 g/mol. The minimum absolute atomic E-state index is 0.0693. The van der Waals surface area contributed by atoms with E-state index in [0.29, 0.717) is 21.4 Å². The molecular formula is C22H16FN3O5. The molecule has 1 aliphatic heterocycles. The van der Waals surface area contributed by atoms with Gasteiger partial charge in [0, 0.05) is 22.7 Å². The Balaban J connectivity index is 1.81. The van der Waals surface area contributed by atoms with Gasteiger partial charge in [0.2, 0.25) is 0 Å². The van der Waals surface area contributed by atoms with E-state index in [1.807, 2.05) is 0 Å². The molecule has 0 radical (unpaired) electrons. The van der Waals surface area contributed by atoms with Crippen molar-refractivity contribution in [2.45, 2.75) is 6.54 Å². The van der Waals surface area contributed by atoms with Crippen LogP contribution in [0.4, 0.5) is 14.9 Å². The number of carbonyl (C=O) groups is 4. The van der Waals surface area contributed by atoms with Crippen LogP contribution in [0.3, 0.4) is 0 Å². The number of fused-ring (bicyclic) bond motifs is 1. The van der Waals surface area contributed by atoms with Gasteiger partial charge in [0.1, 0.15) is 17.9 Å². The molecule has 0 bridgehead atoms. The van der Waals surface area contributed by atoms with Gasteiger partial charge in [-0.1, -0.05) is 30.3 Å². The first kappa shape index (κ1) is 20.0. The van der Waals surface area contributed by atoms with Crippen molar-refractivity contribution < 1.29 is 28.3 Å². The van der Waals surface area contributed by atoms with Crippen LogP contribution in [0.2, 0.25) is 0 Å². The second kappa shape index (κ2) is 7.86. The second-order valence-electron chi connectivity index (χ2n) is 6.71. The Hall–Kier alpha value is -4.27. The van der Waals surface area contributed by atoms with Gasteiger partial charge < -0.3 is 9.30 Å². The van der Waals surface area contributed by atoms with E-state index in [0.717, 1.165) is 6.07 Å². The first-order valence-corrected chi connectivity index (χ1v) is 9.21. The van der Waals surface area contributed by atoms with Crippen LogP contribution in [-0.4, -0.2) is 35.5 Å².